The second kappa shape index (κ2) is 6.32. The minimum atomic E-state index is -0.275. The largest absolute Gasteiger partial charge is 0.505 e. The van der Waals surface area contributed by atoms with Gasteiger partial charge in [-0.15, -0.1) is 0 Å². The number of morpholine rings is 1. The number of aromatic nitrogens is 1. The van der Waals surface area contributed by atoms with Gasteiger partial charge in [0.25, 0.3) is 5.91 Å². The Morgan fingerprint density at radius 2 is 2.28 bits per heavy atom. The molecule has 1 amide bonds. The van der Waals surface area contributed by atoms with Crippen LogP contribution in [0.15, 0.2) is 18.5 Å². The van der Waals surface area contributed by atoms with E-state index in [0.717, 1.165) is 32.8 Å². The lowest BCUT2D eigenvalue weighted by atomic mass is 10.2. The molecule has 0 spiro atoms. The number of carbonyl (C=O) groups is 1. The van der Waals surface area contributed by atoms with Gasteiger partial charge >= 0.3 is 0 Å². The van der Waals surface area contributed by atoms with Gasteiger partial charge in [0.05, 0.1) is 25.0 Å². The second-order valence-corrected chi connectivity index (χ2v) is 4.10. The number of ether oxygens (including phenoxy) is 1. The number of hydrogen-bond donors (Lipinski definition) is 2. The fourth-order valence-corrected chi connectivity index (χ4v) is 1.83. The molecule has 0 atom stereocenters. The Bertz CT molecular complexity index is 405. The lowest BCUT2D eigenvalue weighted by Gasteiger charge is -2.26. The van der Waals surface area contributed by atoms with Crippen molar-refractivity contribution in [3.8, 4) is 5.75 Å². The molecule has 2 rings (SSSR count). The van der Waals surface area contributed by atoms with Crippen LogP contribution in [0, 0.1) is 0 Å². The summed E-state index contributed by atoms with van der Waals surface area (Å²) in [5.41, 5.74) is 0.256. The number of aromatic hydroxyl groups is 1. The van der Waals surface area contributed by atoms with Crippen LogP contribution in [0.5, 0.6) is 5.75 Å². The van der Waals surface area contributed by atoms with Crippen LogP contribution in [0.3, 0.4) is 0 Å². The Labute approximate surface area is 106 Å². The standard InChI is InChI=1S/C12H17N3O3/c16-11-9-13-2-1-10(11)12(17)14-3-4-15-5-7-18-8-6-15/h1-2,9,16H,3-8H2,(H,14,17). The Kier molecular flexibility index (Phi) is 4.49. The van der Waals surface area contributed by atoms with E-state index in [1.54, 1.807) is 0 Å². The van der Waals surface area contributed by atoms with Gasteiger partial charge < -0.3 is 15.2 Å². The van der Waals surface area contributed by atoms with Gasteiger partial charge in [-0.05, 0) is 6.07 Å². The number of carbonyl (C=O) groups excluding carboxylic acids is 1. The van der Waals surface area contributed by atoms with E-state index in [2.05, 4.69) is 15.2 Å². The first kappa shape index (κ1) is 12.8. The zero-order valence-electron chi connectivity index (χ0n) is 10.1. The van der Waals surface area contributed by atoms with Crippen LogP contribution in [-0.2, 0) is 4.74 Å². The molecule has 2 heterocycles. The van der Waals surface area contributed by atoms with Crippen molar-refractivity contribution in [2.45, 2.75) is 0 Å². The third kappa shape index (κ3) is 3.41. The van der Waals surface area contributed by atoms with E-state index in [9.17, 15) is 9.90 Å². The van der Waals surface area contributed by atoms with E-state index in [0.29, 0.717) is 6.54 Å². The molecule has 0 aliphatic carbocycles. The van der Waals surface area contributed by atoms with E-state index >= 15 is 0 Å². The molecule has 6 heteroatoms. The highest BCUT2D eigenvalue weighted by Crippen LogP contribution is 2.13. The smallest absolute Gasteiger partial charge is 0.255 e. The van der Waals surface area contributed by atoms with E-state index in [4.69, 9.17) is 4.74 Å². The molecule has 0 radical (unpaired) electrons. The molecule has 1 aromatic rings. The molecule has 0 aromatic carbocycles. The second-order valence-electron chi connectivity index (χ2n) is 4.10. The topological polar surface area (TPSA) is 74.7 Å². The minimum absolute atomic E-state index is 0.0960. The Morgan fingerprint density at radius 1 is 1.50 bits per heavy atom. The van der Waals surface area contributed by atoms with Crippen LogP contribution in [0.2, 0.25) is 0 Å². The zero-order chi connectivity index (χ0) is 12.8. The molecule has 18 heavy (non-hydrogen) atoms. The van der Waals surface area contributed by atoms with Crippen molar-refractivity contribution < 1.29 is 14.6 Å². The van der Waals surface area contributed by atoms with Crippen molar-refractivity contribution in [1.82, 2.24) is 15.2 Å². The Morgan fingerprint density at radius 3 is 3.00 bits per heavy atom. The maximum Gasteiger partial charge on any atom is 0.255 e. The molecule has 0 saturated carbocycles. The van der Waals surface area contributed by atoms with Gasteiger partial charge in [0.15, 0.2) is 0 Å². The number of hydrogen-bond acceptors (Lipinski definition) is 5. The molecule has 1 aliphatic heterocycles. The highest BCUT2D eigenvalue weighted by Gasteiger charge is 2.12. The highest BCUT2D eigenvalue weighted by molar-refractivity contribution is 5.96. The average Bonchev–Trinajstić information content (AvgIpc) is 2.40. The van der Waals surface area contributed by atoms with Crippen molar-refractivity contribution in [3.05, 3.63) is 24.0 Å². The lowest BCUT2D eigenvalue weighted by Crippen LogP contribution is -2.41. The van der Waals surface area contributed by atoms with E-state index in [1.807, 2.05) is 0 Å². The van der Waals surface area contributed by atoms with Crippen LogP contribution in [-0.4, -0.2) is 60.3 Å². The normalized spacial score (nSPS) is 16.4. The summed E-state index contributed by atoms with van der Waals surface area (Å²) in [6.07, 6.45) is 2.74. The fourth-order valence-electron chi connectivity index (χ4n) is 1.83. The van der Waals surface area contributed by atoms with Crippen molar-refractivity contribution in [1.29, 1.82) is 0 Å². The Hall–Kier alpha value is -1.66. The van der Waals surface area contributed by atoms with E-state index in [1.165, 1.54) is 18.5 Å². The third-order valence-corrected chi connectivity index (χ3v) is 2.86. The first-order chi connectivity index (χ1) is 8.77. The lowest BCUT2D eigenvalue weighted by molar-refractivity contribution is 0.0383. The molecule has 1 fully saturated rings. The van der Waals surface area contributed by atoms with Gasteiger partial charge in [-0.3, -0.25) is 14.7 Å². The van der Waals surface area contributed by atoms with Gasteiger partial charge in [-0.2, -0.15) is 0 Å². The SMILES string of the molecule is O=C(NCCN1CCOCC1)c1ccncc1O. The van der Waals surface area contributed by atoms with Crippen molar-refractivity contribution in [2.24, 2.45) is 0 Å². The van der Waals surface area contributed by atoms with Crippen LogP contribution in [0.4, 0.5) is 0 Å². The van der Waals surface area contributed by atoms with Gasteiger partial charge in [-0.1, -0.05) is 0 Å². The maximum absolute atomic E-state index is 11.8. The highest BCUT2D eigenvalue weighted by atomic mass is 16.5. The number of rotatable bonds is 4. The molecule has 6 nitrogen and oxygen atoms in total. The third-order valence-electron chi connectivity index (χ3n) is 2.86. The molecule has 1 saturated heterocycles. The predicted molar refractivity (Wildman–Crippen MR) is 65.5 cm³/mol. The number of pyridine rings is 1. The maximum atomic E-state index is 11.8. The molecule has 0 bridgehead atoms. The van der Waals surface area contributed by atoms with Gasteiger partial charge in [0.1, 0.15) is 5.75 Å². The number of nitrogens with zero attached hydrogens (tertiary/aromatic N) is 2. The molecule has 1 aromatic heterocycles. The first-order valence-electron chi connectivity index (χ1n) is 5.98. The summed E-state index contributed by atoms with van der Waals surface area (Å²) in [7, 11) is 0. The van der Waals surface area contributed by atoms with Crippen LogP contribution in [0.1, 0.15) is 10.4 Å². The summed E-state index contributed by atoms with van der Waals surface area (Å²) in [5, 5.41) is 12.3. The summed E-state index contributed by atoms with van der Waals surface area (Å²) >= 11 is 0. The summed E-state index contributed by atoms with van der Waals surface area (Å²) < 4.78 is 5.24. The fraction of sp³-hybridized carbons (Fsp3) is 0.500. The van der Waals surface area contributed by atoms with Gasteiger partial charge in [-0.25, -0.2) is 0 Å². The molecular weight excluding hydrogens is 234 g/mol. The molecule has 0 unspecified atom stereocenters. The van der Waals surface area contributed by atoms with Crippen LogP contribution >= 0.6 is 0 Å². The zero-order valence-corrected chi connectivity index (χ0v) is 10.1. The molecular formula is C12H17N3O3. The van der Waals surface area contributed by atoms with Crippen LogP contribution in [0.25, 0.3) is 0 Å². The van der Waals surface area contributed by atoms with Crippen molar-refractivity contribution in [3.63, 3.8) is 0 Å². The van der Waals surface area contributed by atoms with Crippen molar-refractivity contribution in [2.75, 3.05) is 39.4 Å². The minimum Gasteiger partial charge on any atom is -0.505 e. The summed E-state index contributed by atoms with van der Waals surface area (Å²) in [6.45, 7) is 4.65. The van der Waals surface area contributed by atoms with Gasteiger partial charge in [0, 0.05) is 32.4 Å². The van der Waals surface area contributed by atoms with E-state index < -0.39 is 0 Å². The van der Waals surface area contributed by atoms with Crippen LogP contribution < -0.4 is 5.32 Å². The Balaban J connectivity index is 1.76. The van der Waals surface area contributed by atoms with E-state index in [-0.39, 0.29) is 17.2 Å². The molecule has 2 N–H and O–H groups in total. The first-order valence-corrected chi connectivity index (χ1v) is 5.98. The monoisotopic (exact) mass is 251 g/mol. The quantitative estimate of drug-likeness (QED) is 0.778. The summed E-state index contributed by atoms with van der Waals surface area (Å²) in [6, 6.07) is 1.50. The van der Waals surface area contributed by atoms with Gasteiger partial charge in [0.2, 0.25) is 0 Å². The summed E-state index contributed by atoms with van der Waals surface area (Å²) in [4.78, 5) is 17.7. The number of amides is 1. The average molecular weight is 251 g/mol. The predicted octanol–water partition coefficient (Wildman–Crippen LogP) is -0.151. The van der Waals surface area contributed by atoms with Crippen molar-refractivity contribution >= 4 is 5.91 Å². The summed E-state index contributed by atoms with van der Waals surface area (Å²) in [5.74, 6) is -0.371. The molecule has 98 valence electrons. The number of nitrogens with one attached hydrogen (secondary N) is 1. The molecule has 1 aliphatic rings.